The van der Waals surface area contributed by atoms with Gasteiger partial charge in [-0.1, -0.05) is 12.1 Å². The van der Waals surface area contributed by atoms with Crippen LogP contribution < -0.4 is 9.64 Å². The molecule has 1 aromatic heterocycles. The van der Waals surface area contributed by atoms with E-state index < -0.39 is 9.84 Å². The Kier molecular flexibility index (Phi) is 5.87. The zero-order valence-electron chi connectivity index (χ0n) is 17.2. The number of hydrogen-bond donors (Lipinski definition) is 0. The van der Waals surface area contributed by atoms with Crippen molar-refractivity contribution in [3.63, 3.8) is 0 Å². The molecule has 2 heterocycles. The second-order valence-electron chi connectivity index (χ2n) is 7.37. The fourth-order valence-electron chi connectivity index (χ4n) is 3.58. The number of hydrogen-bond acceptors (Lipinski definition) is 7. The van der Waals surface area contributed by atoms with Crippen molar-refractivity contribution in [3.05, 3.63) is 71.7 Å². The van der Waals surface area contributed by atoms with Crippen LogP contribution in [0.4, 0.5) is 5.69 Å². The Morgan fingerprint density at radius 3 is 2.52 bits per heavy atom. The van der Waals surface area contributed by atoms with Crippen LogP contribution >= 0.6 is 0 Å². The minimum atomic E-state index is -2.89. The molecular weight excluding hydrogens is 412 g/mol. The summed E-state index contributed by atoms with van der Waals surface area (Å²) in [6.07, 6.45) is 2.29. The van der Waals surface area contributed by atoms with E-state index in [9.17, 15) is 13.7 Å². The Morgan fingerprint density at radius 1 is 1.10 bits per heavy atom. The van der Waals surface area contributed by atoms with Gasteiger partial charge in [-0.2, -0.15) is 5.26 Å². The average molecular weight is 435 g/mol. The van der Waals surface area contributed by atoms with Crippen molar-refractivity contribution in [2.45, 2.75) is 6.42 Å². The zero-order chi connectivity index (χ0) is 21.8. The molecular formula is C23H22N4O3S. The van der Waals surface area contributed by atoms with Gasteiger partial charge < -0.3 is 9.64 Å². The summed E-state index contributed by atoms with van der Waals surface area (Å²) in [7, 11) is -1.35. The lowest BCUT2D eigenvalue weighted by atomic mass is 10.1. The first-order chi connectivity index (χ1) is 15.0. The maximum absolute atomic E-state index is 11.6. The number of nitrogens with zero attached hydrogens (tertiary/aromatic N) is 4. The first-order valence-corrected chi connectivity index (χ1v) is 11.7. The minimum absolute atomic E-state index is 0.203. The molecule has 4 rings (SSSR count). The highest BCUT2D eigenvalue weighted by molar-refractivity contribution is 7.91. The van der Waals surface area contributed by atoms with Crippen LogP contribution in [-0.2, 0) is 16.3 Å². The molecule has 0 amide bonds. The third-order valence-corrected chi connectivity index (χ3v) is 6.94. The molecule has 0 unspecified atom stereocenters. The molecule has 0 radical (unpaired) electrons. The Labute approximate surface area is 181 Å². The van der Waals surface area contributed by atoms with Crippen LogP contribution in [0.15, 0.2) is 54.7 Å². The number of ether oxygens (including phenoxy) is 1. The van der Waals surface area contributed by atoms with Gasteiger partial charge >= 0.3 is 0 Å². The van der Waals surface area contributed by atoms with E-state index in [1.807, 2.05) is 36.4 Å². The number of methoxy groups -OCH3 is 1. The van der Waals surface area contributed by atoms with Gasteiger partial charge in [0.25, 0.3) is 0 Å². The molecule has 0 atom stereocenters. The van der Waals surface area contributed by atoms with Crippen molar-refractivity contribution >= 4 is 15.5 Å². The summed E-state index contributed by atoms with van der Waals surface area (Å²) >= 11 is 0. The van der Waals surface area contributed by atoms with E-state index in [2.05, 4.69) is 20.9 Å². The van der Waals surface area contributed by atoms with E-state index in [0.29, 0.717) is 36.6 Å². The molecule has 1 fully saturated rings. The molecule has 8 heteroatoms. The predicted octanol–water partition coefficient (Wildman–Crippen LogP) is 2.85. The summed E-state index contributed by atoms with van der Waals surface area (Å²) in [5, 5.41) is 9.32. The first-order valence-electron chi connectivity index (χ1n) is 9.92. The topological polar surface area (TPSA) is 96.2 Å². The Balaban J connectivity index is 1.49. The number of rotatable bonds is 5. The van der Waals surface area contributed by atoms with Crippen molar-refractivity contribution in [3.8, 4) is 23.1 Å². The second-order valence-corrected chi connectivity index (χ2v) is 9.67. The Bertz CT molecular complexity index is 1220. The van der Waals surface area contributed by atoms with E-state index >= 15 is 0 Å². The highest BCUT2D eigenvalue weighted by Crippen LogP contribution is 2.25. The highest BCUT2D eigenvalue weighted by atomic mass is 32.2. The third-order valence-electron chi connectivity index (χ3n) is 5.33. The molecule has 1 aliphatic rings. The SMILES string of the molecule is COc1ccc(-c2ccnc(Cc3ccc(N4CCS(=O)(=O)CC4)cc3)n2)cc1C#N. The monoisotopic (exact) mass is 434 g/mol. The van der Waals surface area contributed by atoms with Crippen molar-refractivity contribution < 1.29 is 13.2 Å². The van der Waals surface area contributed by atoms with Gasteiger partial charge in [0.1, 0.15) is 17.6 Å². The second kappa shape index (κ2) is 8.74. The number of benzene rings is 2. The molecule has 0 saturated carbocycles. The predicted molar refractivity (Wildman–Crippen MR) is 119 cm³/mol. The van der Waals surface area contributed by atoms with Gasteiger partial charge in [0, 0.05) is 37.0 Å². The maximum Gasteiger partial charge on any atom is 0.153 e. The van der Waals surface area contributed by atoms with Crippen molar-refractivity contribution in [2.75, 3.05) is 36.6 Å². The molecule has 7 nitrogen and oxygen atoms in total. The number of nitriles is 1. The summed E-state index contributed by atoms with van der Waals surface area (Å²) in [6, 6.07) is 17.4. The highest BCUT2D eigenvalue weighted by Gasteiger charge is 2.21. The van der Waals surface area contributed by atoms with E-state index in [-0.39, 0.29) is 11.5 Å². The number of anilines is 1. The van der Waals surface area contributed by atoms with Crippen molar-refractivity contribution in [1.82, 2.24) is 9.97 Å². The van der Waals surface area contributed by atoms with E-state index in [4.69, 9.17) is 4.74 Å². The quantitative estimate of drug-likeness (QED) is 0.609. The fraction of sp³-hybridized carbons (Fsp3) is 0.261. The lowest BCUT2D eigenvalue weighted by molar-refractivity contribution is 0.413. The molecule has 2 aromatic carbocycles. The summed E-state index contributed by atoms with van der Waals surface area (Å²) in [5.74, 6) is 1.62. The van der Waals surface area contributed by atoms with Crippen LogP contribution in [-0.4, -0.2) is 50.1 Å². The minimum Gasteiger partial charge on any atom is -0.495 e. The van der Waals surface area contributed by atoms with Crippen LogP contribution in [0.1, 0.15) is 17.0 Å². The van der Waals surface area contributed by atoms with Crippen LogP contribution in [0.3, 0.4) is 0 Å². The van der Waals surface area contributed by atoms with Gasteiger partial charge in [0.15, 0.2) is 9.84 Å². The first kappa shape index (κ1) is 20.8. The van der Waals surface area contributed by atoms with Gasteiger partial charge in [-0.25, -0.2) is 18.4 Å². The Hall–Kier alpha value is -3.44. The van der Waals surface area contributed by atoms with Gasteiger partial charge in [-0.05, 0) is 42.0 Å². The van der Waals surface area contributed by atoms with Crippen molar-refractivity contribution in [1.29, 1.82) is 5.26 Å². The lowest BCUT2D eigenvalue weighted by Gasteiger charge is -2.28. The summed E-state index contributed by atoms with van der Waals surface area (Å²) in [5.41, 5.74) is 4.13. The zero-order valence-corrected chi connectivity index (χ0v) is 18.0. The standard InChI is InChI=1S/C23H22N4O3S/c1-30-22-7-4-18(15-19(22)16-24)21-8-9-25-23(26-21)14-17-2-5-20(6-3-17)27-10-12-31(28,29)13-11-27/h2-9,15H,10-14H2,1H3. The molecule has 0 aliphatic carbocycles. The number of aromatic nitrogens is 2. The fourth-order valence-corrected chi connectivity index (χ4v) is 4.78. The van der Waals surface area contributed by atoms with E-state index in [0.717, 1.165) is 22.5 Å². The smallest absolute Gasteiger partial charge is 0.153 e. The summed E-state index contributed by atoms with van der Waals surface area (Å²) < 4.78 is 28.4. The average Bonchev–Trinajstić information content (AvgIpc) is 2.79. The third kappa shape index (κ3) is 4.84. The molecule has 1 aliphatic heterocycles. The molecule has 3 aromatic rings. The largest absolute Gasteiger partial charge is 0.495 e. The molecule has 158 valence electrons. The lowest BCUT2D eigenvalue weighted by Crippen LogP contribution is -2.40. The molecule has 1 saturated heterocycles. The summed E-state index contributed by atoms with van der Waals surface area (Å²) in [6.45, 7) is 1.05. The number of sulfone groups is 1. The molecule has 0 bridgehead atoms. The van der Waals surface area contributed by atoms with Gasteiger partial charge in [-0.3, -0.25) is 0 Å². The van der Waals surface area contributed by atoms with Gasteiger partial charge in [0.2, 0.25) is 0 Å². The normalized spacial score (nSPS) is 15.3. The van der Waals surface area contributed by atoms with Crippen LogP contribution in [0.2, 0.25) is 0 Å². The van der Waals surface area contributed by atoms with Crippen LogP contribution in [0.25, 0.3) is 11.3 Å². The molecule has 31 heavy (non-hydrogen) atoms. The Morgan fingerprint density at radius 2 is 1.84 bits per heavy atom. The van der Waals surface area contributed by atoms with Crippen molar-refractivity contribution in [2.24, 2.45) is 0 Å². The molecule has 0 spiro atoms. The van der Waals surface area contributed by atoms with E-state index in [1.54, 1.807) is 18.3 Å². The maximum atomic E-state index is 11.6. The van der Waals surface area contributed by atoms with E-state index in [1.165, 1.54) is 7.11 Å². The summed E-state index contributed by atoms with van der Waals surface area (Å²) in [4.78, 5) is 11.1. The van der Waals surface area contributed by atoms with Gasteiger partial charge in [-0.15, -0.1) is 0 Å². The van der Waals surface area contributed by atoms with Crippen LogP contribution in [0, 0.1) is 11.3 Å². The van der Waals surface area contributed by atoms with Gasteiger partial charge in [0.05, 0.1) is 29.9 Å². The van der Waals surface area contributed by atoms with Crippen LogP contribution in [0.5, 0.6) is 5.75 Å². The molecule has 0 N–H and O–H groups in total.